The van der Waals surface area contributed by atoms with Crippen LogP contribution in [0.5, 0.6) is 5.75 Å². The molecule has 0 amide bonds. The van der Waals surface area contributed by atoms with Crippen molar-refractivity contribution in [1.29, 1.82) is 0 Å². The van der Waals surface area contributed by atoms with Crippen molar-refractivity contribution in [2.45, 2.75) is 20.3 Å². The second kappa shape index (κ2) is 5.84. The highest BCUT2D eigenvalue weighted by atomic mass is 19.1. The van der Waals surface area contributed by atoms with E-state index in [1.54, 1.807) is 0 Å². The molecule has 0 saturated carbocycles. The quantitative estimate of drug-likeness (QED) is 0.495. The Hall–Kier alpha value is -1.88. The number of nitrogens with one attached hydrogen (secondary N) is 2. The van der Waals surface area contributed by atoms with Crippen LogP contribution in [0.1, 0.15) is 19.4 Å². The van der Waals surface area contributed by atoms with Gasteiger partial charge in [-0.3, -0.25) is 4.79 Å². The molecule has 0 aliphatic rings. The average Bonchev–Trinajstić information content (AvgIpc) is 2.72. The molecular weight excluding hydrogens is 247 g/mol. The topological polar surface area (TPSA) is 54.1 Å². The molecule has 0 radical (unpaired) electrons. The molecular formula is C14H17FN2O2. The van der Waals surface area contributed by atoms with Crippen LogP contribution >= 0.6 is 0 Å². The number of fused-ring (bicyclic) bond motifs is 1. The highest BCUT2D eigenvalue weighted by Gasteiger charge is 2.13. The molecule has 102 valence electrons. The van der Waals surface area contributed by atoms with Crippen molar-refractivity contribution in [3.05, 3.63) is 29.7 Å². The Morgan fingerprint density at radius 3 is 2.95 bits per heavy atom. The summed E-state index contributed by atoms with van der Waals surface area (Å²) in [6.45, 7) is 5.06. The molecule has 0 aliphatic carbocycles. The van der Waals surface area contributed by atoms with Gasteiger partial charge in [0.1, 0.15) is 11.6 Å². The molecule has 4 nitrogen and oxygen atoms in total. The van der Waals surface area contributed by atoms with Gasteiger partial charge in [-0.1, -0.05) is 6.92 Å². The zero-order valence-electron chi connectivity index (χ0n) is 11.0. The maximum atomic E-state index is 13.4. The van der Waals surface area contributed by atoms with Crippen LogP contribution in [0.2, 0.25) is 0 Å². The summed E-state index contributed by atoms with van der Waals surface area (Å²) in [5.41, 5.74) is 1.65. The lowest BCUT2D eigenvalue weighted by Gasteiger charge is -2.06. The summed E-state index contributed by atoms with van der Waals surface area (Å²) in [7, 11) is 0. The number of esters is 1. The highest BCUT2D eigenvalue weighted by Crippen LogP contribution is 2.30. The number of hydrogen-bond acceptors (Lipinski definition) is 3. The third-order valence-corrected chi connectivity index (χ3v) is 2.86. The summed E-state index contributed by atoms with van der Waals surface area (Å²) >= 11 is 0. The molecule has 2 aromatic rings. The monoisotopic (exact) mass is 264 g/mol. The number of hydrogen-bond donors (Lipinski definition) is 2. The van der Waals surface area contributed by atoms with Crippen molar-refractivity contribution < 1.29 is 13.9 Å². The Labute approximate surface area is 111 Å². The van der Waals surface area contributed by atoms with Crippen molar-refractivity contribution in [3.8, 4) is 5.75 Å². The normalized spacial score (nSPS) is 10.9. The Kier molecular flexibility index (Phi) is 4.16. The predicted molar refractivity (Wildman–Crippen MR) is 71.8 cm³/mol. The van der Waals surface area contributed by atoms with Crippen LogP contribution in [0.3, 0.4) is 0 Å². The highest BCUT2D eigenvalue weighted by molar-refractivity contribution is 5.91. The minimum Gasteiger partial charge on any atom is -0.426 e. The molecule has 1 aromatic carbocycles. The van der Waals surface area contributed by atoms with E-state index in [1.165, 1.54) is 19.1 Å². The minimum atomic E-state index is -0.453. The molecule has 0 fully saturated rings. The van der Waals surface area contributed by atoms with Gasteiger partial charge < -0.3 is 15.0 Å². The van der Waals surface area contributed by atoms with E-state index < -0.39 is 11.8 Å². The van der Waals surface area contributed by atoms with E-state index >= 15 is 0 Å². The Morgan fingerprint density at radius 2 is 2.26 bits per heavy atom. The number of aromatic nitrogens is 1. The van der Waals surface area contributed by atoms with Crippen LogP contribution in [-0.4, -0.2) is 24.0 Å². The Balaban J connectivity index is 2.39. The van der Waals surface area contributed by atoms with Crippen LogP contribution in [0.15, 0.2) is 18.3 Å². The second-order valence-electron chi connectivity index (χ2n) is 4.34. The maximum Gasteiger partial charge on any atom is 0.308 e. The lowest BCUT2D eigenvalue weighted by atomic mass is 10.1. The number of aromatic amines is 1. The van der Waals surface area contributed by atoms with Crippen LogP contribution in [-0.2, 0) is 11.2 Å². The van der Waals surface area contributed by atoms with Crippen molar-refractivity contribution in [2.24, 2.45) is 0 Å². The maximum absolute atomic E-state index is 13.4. The fraction of sp³-hybridized carbons (Fsp3) is 0.357. The van der Waals surface area contributed by atoms with Gasteiger partial charge >= 0.3 is 5.97 Å². The largest absolute Gasteiger partial charge is 0.426 e. The first kappa shape index (κ1) is 13.5. The smallest absolute Gasteiger partial charge is 0.308 e. The molecule has 1 heterocycles. The summed E-state index contributed by atoms with van der Waals surface area (Å²) in [4.78, 5) is 14.1. The molecule has 0 atom stereocenters. The fourth-order valence-electron chi connectivity index (χ4n) is 2.10. The summed E-state index contributed by atoms with van der Waals surface area (Å²) < 4.78 is 18.5. The predicted octanol–water partition coefficient (Wildman–Crippen LogP) is 2.38. The standard InChI is InChI=1S/C14H17FN2O2/c1-3-16-5-4-10-8-17-12-6-11(15)7-13(14(10)12)19-9(2)18/h6-8,16-17H,3-5H2,1-2H3. The molecule has 0 bridgehead atoms. The van der Waals surface area contributed by atoms with E-state index in [9.17, 15) is 9.18 Å². The van der Waals surface area contributed by atoms with Crippen LogP contribution in [0.4, 0.5) is 4.39 Å². The molecule has 0 spiro atoms. The third-order valence-electron chi connectivity index (χ3n) is 2.86. The van der Waals surface area contributed by atoms with E-state index in [0.717, 1.165) is 30.5 Å². The zero-order valence-corrected chi connectivity index (χ0v) is 11.0. The first-order chi connectivity index (χ1) is 9.11. The first-order valence-electron chi connectivity index (χ1n) is 6.30. The van der Waals surface area contributed by atoms with Gasteiger partial charge in [0.05, 0.1) is 5.52 Å². The fourth-order valence-corrected chi connectivity index (χ4v) is 2.10. The number of likely N-dealkylation sites (N-methyl/N-ethyl adjacent to an activating group) is 1. The number of carbonyl (C=O) groups is 1. The van der Waals surface area contributed by atoms with Gasteiger partial charge in [0.25, 0.3) is 0 Å². The van der Waals surface area contributed by atoms with E-state index in [2.05, 4.69) is 10.3 Å². The van der Waals surface area contributed by atoms with Gasteiger partial charge in [0, 0.05) is 24.6 Å². The van der Waals surface area contributed by atoms with Gasteiger partial charge in [0.2, 0.25) is 0 Å². The van der Waals surface area contributed by atoms with Crippen LogP contribution in [0.25, 0.3) is 10.9 Å². The van der Waals surface area contributed by atoms with Crippen molar-refractivity contribution in [1.82, 2.24) is 10.3 Å². The number of benzene rings is 1. The minimum absolute atomic E-state index is 0.273. The lowest BCUT2D eigenvalue weighted by Crippen LogP contribution is -2.16. The molecule has 0 saturated heterocycles. The zero-order chi connectivity index (χ0) is 13.8. The van der Waals surface area contributed by atoms with Gasteiger partial charge in [-0.15, -0.1) is 0 Å². The Bertz CT molecular complexity index is 592. The van der Waals surface area contributed by atoms with Gasteiger partial charge in [-0.05, 0) is 31.1 Å². The first-order valence-corrected chi connectivity index (χ1v) is 6.30. The molecule has 1 aromatic heterocycles. The van der Waals surface area contributed by atoms with Crippen LogP contribution < -0.4 is 10.1 Å². The number of rotatable bonds is 5. The second-order valence-corrected chi connectivity index (χ2v) is 4.34. The Morgan fingerprint density at radius 1 is 1.47 bits per heavy atom. The lowest BCUT2D eigenvalue weighted by molar-refractivity contribution is -0.131. The average molecular weight is 264 g/mol. The van der Waals surface area contributed by atoms with E-state index in [0.29, 0.717) is 5.52 Å². The van der Waals surface area contributed by atoms with Gasteiger partial charge in [-0.25, -0.2) is 4.39 Å². The van der Waals surface area contributed by atoms with Crippen molar-refractivity contribution in [3.63, 3.8) is 0 Å². The molecule has 0 aliphatic heterocycles. The van der Waals surface area contributed by atoms with Crippen molar-refractivity contribution in [2.75, 3.05) is 13.1 Å². The molecule has 2 rings (SSSR count). The molecule has 0 unspecified atom stereocenters. The summed E-state index contributed by atoms with van der Waals surface area (Å²) in [6, 6.07) is 2.65. The van der Waals surface area contributed by atoms with Gasteiger partial charge in [0.15, 0.2) is 0 Å². The number of H-pyrrole nitrogens is 1. The van der Waals surface area contributed by atoms with Crippen molar-refractivity contribution >= 4 is 16.9 Å². The molecule has 5 heteroatoms. The summed E-state index contributed by atoms with van der Waals surface area (Å²) in [5.74, 6) is -0.607. The summed E-state index contributed by atoms with van der Waals surface area (Å²) in [5, 5.41) is 4.00. The number of carbonyl (C=O) groups excluding carboxylic acids is 1. The van der Waals surface area contributed by atoms with E-state index in [-0.39, 0.29) is 5.75 Å². The molecule has 19 heavy (non-hydrogen) atoms. The third kappa shape index (κ3) is 3.12. The van der Waals surface area contributed by atoms with Gasteiger partial charge in [-0.2, -0.15) is 0 Å². The number of halogens is 1. The van der Waals surface area contributed by atoms with E-state index in [1.807, 2.05) is 13.1 Å². The van der Waals surface area contributed by atoms with Crippen LogP contribution in [0, 0.1) is 5.82 Å². The molecule has 2 N–H and O–H groups in total. The van der Waals surface area contributed by atoms with E-state index in [4.69, 9.17) is 4.74 Å². The summed E-state index contributed by atoms with van der Waals surface area (Å²) in [6.07, 6.45) is 2.61. The SMILES string of the molecule is CCNCCc1c[nH]c2cc(F)cc(OC(C)=O)c12. The number of ether oxygens (including phenoxy) is 1.